The Balaban J connectivity index is 1.43. The lowest BCUT2D eigenvalue weighted by Crippen LogP contribution is -2.22. The van der Waals surface area contributed by atoms with E-state index in [9.17, 15) is 9.59 Å². The van der Waals surface area contributed by atoms with Crippen LogP contribution in [0.15, 0.2) is 72.8 Å². The molecule has 2 aromatic rings. The van der Waals surface area contributed by atoms with Crippen molar-refractivity contribution in [3.8, 4) is 0 Å². The molecule has 0 aromatic heterocycles. The van der Waals surface area contributed by atoms with Gasteiger partial charge in [0.1, 0.15) is 0 Å². The molecule has 0 radical (unpaired) electrons. The third-order valence-electron chi connectivity index (χ3n) is 4.41. The monoisotopic (exact) mass is 390 g/mol. The van der Waals surface area contributed by atoms with Crippen molar-refractivity contribution in [1.82, 2.24) is 10.6 Å². The van der Waals surface area contributed by atoms with E-state index < -0.39 is 0 Å². The van der Waals surface area contributed by atoms with Crippen LogP contribution in [0.5, 0.6) is 0 Å². The number of unbranched alkanes of at least 4 members (excludes halogenated alkanes) is 4. The zero-order valence-electron chi connectivity index (χ0n) is 16.8. The Labute approximate surface area is 173 Å². The maximum atomic E-state index is 11.8. The second-order valence-electron chi connectivity index (χ2n) is 6.84. The first-order valence-electron chi connectivity index (χ1n) is 10.3. The molecule has 0 heterocycles. The van der Waals surface area contributed by atoms with Gasteiger partial charge in [-0.15, -0.1) is 0 Å². The third kappa shape index (κ3) is 10.7. The molecule has 0 spiro atoms. The summed E-state index contributed by atoms with van der Waals surface area (Å²) >= 11 is 0. The van der Waals surface area contributed by atoms with Gasteiger partial charge in [0.15, 0.2) is 0 Å². The first kappa shape index (κ1) is 22.2. The van der Waals surface area contributed by atoms with Gasteiger partial charge in [-0.2, -0.15) is 0 Å². The minimum atomic E-state index is -0.0554. The highest BCUT2D eigenvalue weighted by molar-refractivity contribution is 5.92. The number of nitrogens with one attached hydrogen (secondary N) is 2. The van der Waals surface area contributed by atoms with Crippen LogP contribution in [0.1, 0.15) is 43.2 Å². The molecule has 2 amide bonds. The summed E-state index contributed by atoms with van der Waals surface area (Å²) in [5, 5.41) is 5.81. The highest BCUT2D eigenvalue weighted by atomic mass is 16.2. The second-order valence-corrected chi connectivity index (χ2v) is 6.84. The molecule has 0 atom stereocenters. The van der Waals surface area contributed by atoms with Crippen LogP contribution in [0.4, 0.5) is 0 Å². The van der Waals surface area contributed by atoms with Crippen molar-refractivity contribution < 1.29 is 9.59 Å². The molecule has 4 heteroatoms. The minimum Gasteiger partial charge on any atom is -0.353 e. The standard InChI is InChI=1S/C25H30N2O2/c28-24(18-16-22-12-6-4-7-13-22)26-20-10-2-1-3-11-21-27-25(29)19-17-23-14-8-5-9-15-23/h4-9,12-19H,1-3,10-11,20-21H2,(H,26,28)(H,27,29). The molecule has 0 fully saturated rings. The van der Waals surface area contributed by atoms with Crippen molar-refractivity contribution in [2.45, 2.75) is 32.1 Å². The number of hydrogen-bond donors (Lipinski definition) is 2. The van der Waals surface area contributed by atoms with E-state index in [1.54, 1.807) is 12.2 Å². The average molecular weight is 391 g/mol. The fraction of sp³-hybridized carbons (Fsp3) is 0.280. The predicted molar refractivity (Wildman–Crippen MR) is 120 cm³/mol. The van der Waals surface area contributed by atoms with E-state index in [4.69, 9.17) is 0 Å². The molecule has 2 aromatic carbocycles. The Morgan fingerprint density at radius 3 is 1.38 bits per heavy atom. The maximum absolute atomic E-state index is 11.8. The molecular weight excluding hydrogens is 360 g/mol. The molecule has 0 aliphatic rings. The lowest BCUT2D eigenvalue weighted by Gasteiger charge is -2.04. The molecule has 0 saturated heterocycles. The molecule has 4 nitrogen and oxygen atoms in total. The van der Waals surface area contributed by atoms with E-state index in [2.05, 4.69) is 10.6 Å². The van der Waals surface area contributed by atoms with Gasteiger partial charge in [-0.25, -0.2) is 0 Å². The van der Waals surface area contributed by atoms with E-state index in [1.807, 2.05) is 72.8 Å². The summed E-state index contributed by atoms with van der Waals surface area (Å²) in [7, 11) is 0. The van der Waals surface area contributed by atoms with Crippen LogP contribution in [0.25, 0.3) is 12.2 Å². The van der Waals surface area contributed by atoms with Crippen LogP contribution < -0.4 is 10.6 Å². The Kier molecular flexibility index (Phi) is 10.7. The van der Waals surface area contributed by atoms with Gasteiger partial charge < -0.3 is 10.6 Å². The van der Waals surface area contributed by atoms with Gasteiger partial charge in [-0.1, -0.05) is 79.9 Å². The fourth-order valence-electron chi connectivity index (χ4n) is 2.79. The molecule has 0 aliphatic heterocycles. The smallest absolute Gasteiger partial charge is 0.243 e. The number of carbonyl (C=O) groups excluding carboxylic acids is 2. The molecule has 29 heavy (non-hydrogen) atoms. The minimum absolute atomic E-state index is 0.0554. The summed E-state index contributed by atoms with van der Waals surface area (Å²) in [5.74, 6) is -0.111. The molecule has 0 aliphatic carbocycles. The Hall–Kier alpha value is -3.14. The van der Waals surface area contributed by atoms with Gasteiger partial charge in [0.25, 0.3) is 0 Å². The van der Waals surface area contributed by atoms with Crippen LogP contribution in [0.3, 0.4) is 0 Å². The van der Waals surface area contributed by atoms with Gasteiger partial charge in [0.05, 0.1) is 0 Å². The zero-order valence-corrected chi connectivity index (χ0v) is 16.8. The van der Waals surface area contributed by atoms with Crippen LogP contribution in [-0.4, -0.2) is 24.9 Å². The van der Waals surface area contributed by atoms with Crippen molar-refractivity contribution >= 4 is 24.0 Å². The molecule has 0 unspecified atom stereocenters. The van der Waals surface area contributed by atoms with Crippen molar-refractivity contribution in [3.63, 3.8) is 0 Å². The van der Waals surface area contributed by atoms with Crippen molar-refractivity contribution in [3.05, 3.63) is 83.9 Å². The summed E-state index contributed by atoms with van der Waals surface area (Å²) in [5.41, 5.74) is 2.04. The summed E-state index contributed by atoms with van der Waals surface area (Å²) in [4.78, 5) is 23.5. The van der Waals surface area contributed by atoms with E-state index in [0.717, 1.165) is 43.2 Å². The van der Waals surface area contributed by atoms with Crippen LogP contribution >= 0.6 is 0 Å². The van der Waals surface area contributed by atoms with E-state index in [-0.39, 0.29) is 11.8 Å². The van der Waals surface area contributed by atoms with E-state index >= 15 is 0 Å². The fourth-order valence-corrected chi connectivity index (χ4v) is 2.79. The zero-order chi connectivity index (χ0) is 20.6. The van der Waals surface area contributed by atoms with Crippen molar-refractivity contribution in [2.75, 3.05) is 13.1 Å². The normalized spacial score (nSPS) is 11.0. The van der Waals surface area contributed by atoms with Gasteiger partial charge >= 0.3 is 0 Å². The Morgan fingerprint density at radius 2 is 0.966 bits per heavy atom. The lowest BCUT2D eigenvalue weighted by atomic mass is 10.1. The summed E-state index contributed by atoms with van der Waals surface area (Å²) in [6.07, 6.45) is 12.0. The van der Waals surface area contributed by atoms with Crippen LogP contribution in [0.2, 0.25) is 0 Å². The van der Waals surface area contributed by atoms with Crippen LogP contribution in [0, 0.1) is 0 Å². The number of amides is 2. The first-order valence-corrected chi connectivity index (χ1v) is 10.3. The third-order valence-corrected chi connectivity index (χ3v) is 4.41. The molecule has 2 N–H and O–H groups in total. The highest BCUT2D eigenvalue weighted by Gasteiger charge is 1.97. The number of rotatable bonds is 12. The largest absolute Gasteiger partial charge is 0.353 e. The summed E-state index contributed by atoms with van der Waals surface area (Å²) in [6.45, 7) is 1.39. The lowest BCUT2D eigenvalue weighted by molar-refractivity contribution is -0.117. The first-order chi connectivity index (χ1) is 14.2. The van der Waals surface area contributed by atoms with E-state index in [0.29, 0.717) is 13.1 Å². The summed E-state index contributed by atoms with van der Waals surface area (Å²) in [6, 6.07) is 19.6. The van der Waals surface area contributed by atoms with Gasteiger partial charge in [0.2, 0.25) is 11.8 Å². The number of carbonyl (C=O) groups is 2. The van der Waals surface area contributed by atoms with Crippen LogP contribution in [-0.2, 0) is 9.59 Å². The van der Waals surface area contributed by atoms with Gasteiger partial charge in [0, 0.05) is 25.2 Å². The second kappa shape index (κ2) is 13.9. The highest BCUT2D eigenvalue weighted by Crippen LogP contribution is 2.03. The number of hydrogen-bond acceptors (Lipinski definition) is 2. The summed E-state index contributed by atoms with van der Waals surface area (Å²) < 4.78 is 0. The number of benzene rings is 2. The SMILES string of the molecule is O=C(C=Cc1ccccc1)NCCCCCCCNC(=O)C=Cc1ccccc1. The molecule has 2 rings (SSSR count). The topological polar surface area (TPSA) is 58.2 Å². The molecule has 0 saturated carbocycles. The Morgan fingerprint density at radius 1 is 0.586 bits per heavy atom. The maximum Gasteiger partial charge on any atom is 0.243 e. The molecule has 0 bridgehead atoms. The van der Waals surface area contributed by atoms with E-state index in [1.165, 1.54) is 0 Å². The quantitative estimate of drug-likeness (QED) is 0.411. The Bertz CT molecular complexity index is 715. The van der Waals surface area contributed by atoms with Crippen molar-refractivity contribution in [2.24, 2.45) is 0 Å². The average Bonchev–Trinajstić information content (AvgIpc) is 2.76. The van der Waals surface area contributed by atoms with Gasteiger partial charge in [-0.3, -0.25) is 9.59 Å². The van der Waals surface area contributed by atoms with Crippen molar-refractivity contribution in [1.29, 1.82) is 0 Å². The molecule has 152 valence electrons. The van der Waals surface area contributed by atoms with Gasteiger partial charge in [-0.05, 0) is 36.1 Å². The predicted octanol–water partition coefficient (Wildman–Crippen LogP) is 4.60. The molecular formula is C25H30N2O2.